The molecule has 0 radical (unpaired) electrons. The van der Waals surface area contributed by atoms with Crippen molar-refractivity contribution in [3.05, 3.63) is 35.4 Å². The molecule has 0 aliphatic rings. The number of carbonyl (C=O) groups is 1. The molecular weight excluding hydrogens is 152 g/mol. The van der Waals surface area contributed by atoms with Gasteiger partial charge >= 0.3 is 0 Å². The predicted octanol–water partition coefficient (Wildman–Crippen LogP) is 1.21. The van der Waals surface area contributed by atoms with Crippen LogP contribution in [0.1, 0.15) is 15.9 Å². The summed E-state index contributed by atoms with van der Waals surface area (Å²) in [6.07, 6.45) is 1.59. The van der Waals surface area contributed by atoms with Crippen molar-refractivity contribution in [3.63, 3.8) is 0 Å². The van der Waals surface area contributed by atoms with Gasteiger partial charge in [0.2, 0.25) is 0 Å². The van der Waals surface area contributed by atoms with Crippen molar-refractivity contribution in [3.8, 4) is 6.19 Å². The number of nitrogens with one attached hydrogen (secondary N) is 1. The van der Waals surface area contributed by atoms with Gasteiger partial charge in [0.15, 0.2) is 6.19 Å². The lowest BCUT2D eigenvalue weighted by molar-refractivity contribution is 0.0972. The Kier molecular flexibility index (Phi) is 2.44. The molecule has 1 aromatic rings. The van der Waals surface area contributed by atoms with Crippen LogP contribution < -0.4 is 5.32 Å². The Labute approximate surface area is 70.6 Å². The largest absolute Gasteiger partial charge is 0.268 e. The maximum atomic E-state index is 11.1. The average Bonchev–Trinajstić information content (AvgIpc) is 2.05. The van der Waals surface area contributed by atoms with Gasteiger partial charge in [0.25, 0.3) is 5.91 Å². The first kappa shape index (κ1) is 8.28. The van der Waals surface area contributed by atoms with Gasteiger partial charge in [-0.3, -0.25) is 10.1 Å². The zero-order valence-corrected chi connectivity index (χ0v) is 6.66. The maximum absolute atomic E-state index is 11.1. The lowest BCUT2D eigenvalue weighted by Gasteiger charge is -2.00. The Bertz CT molecular complexity index is 339. The highest BCUT2D eigenvalue weighted by atomic mass is 16.1. The maximum Gasteiger partial charge on any atom is 0.264 e. The van der Waals surface area contributed by atoms with Crippen LogP contribution in [0.4, 0.5) is 0 Å². The number of amides is 1. The van der Waals surface area contributed by atoms with E-state index in [0.29, 0.717) is 5.56 Å². The van der Waals surface area contributed by atoms with E-state index in [1.807, 2.05) is 19.1 Å². The van der Waals surface area contributed by atoms with Gasteiger partial charge in [0, 0.05) is 5.56 Å². The predicted molar refractivity (Wildman–Crippen MR) is 44.3 cm³/mol. The van der Waals surface area contributed by atoms with E-state index in [0.717, 1.165) is 5.56 Å². The number of benzene rings is 1. The quantitative estimate of drug-likeness (QED) is 0.495. The molecule has 3 heteroatoms. The molecule has 0 saturated heterocycles. The highest BCUT2D eigenvalue weighted by molar-refractivity contribution is 5.96. The molecule has 0 fully saturated rings. The van der Waals surface area contributed by atoms with Gasteiger partial charge in [-0.2, -0.15) is 5.26 Å². The van der Waals surface area contributed by atoms with E-state index in [2.05, 4.69) is 5.32 Å². The molecule has 0 aromatic heterocycles. The van der Waals surface area contributed by atoms with Crippen LogP contribution in [0.2, 0.25) is 0 Å². The van der Waals surface area contributed by atoms with Crippen LogP contribution in [-0.4, -0.2) is 5.91 Å². The second-order valence-electron chi connectivity index (χ2n) is 2.38. The van der Waals surface area contributed by atoms with Crippen molar-refractivity contribution < 1.29 is 4.79 Å². The van der Waals surface area contributed by atoms with Crippen molar-refractivity contribution in [1.29, 1.82) is 5.26 Å². The van der Waals surface area contributed by atoms with Crippen LogP contribution in [0.25, 0.3) is 0 Å². The van der Waals surface area contributed by atoms with E-state index in [1.165, 1.54) is 0 Å². The zero-order valence-electron chi connectivity index (χ0n) is 6.66. The summed E-state index contributed by atoms with van der Waals surface area (Å²) in [4.78, 5) is 11.1. The Morgan fingerprint density at radius 1 is 1.50 bits per heavy atom. The summed E-state index contributed by atoms with van der Waals surface area (Å²) in [7, 11) is 0. The minimum absolute atomic E-state index is 0.351. The summed E-state index contributed by atoms with van der Waals surface area (Å²) in [6, 6.07) is 7.12. The molecule has 1 N–H and O–H groups in total. The number of nitriles is 1. The smallest absolute Gasteiger partial charge is 0.264 e. The SMILES string of the molecule is Cc1ccccc1C(=O)NC#N. The third kappa shape index (κ3) is 1.61. The molecule has 0 bridgehead atoms. The van der Waals surface area contributed by atoms with Crippen LogP contribution in [-0.2, 0) is 0 Å². The summed E-state index contributed by atoms with van der Waals surface area (Å²) >= 11 is 0. The van der Waals surface area contributed by atoms with Gasteiger partial charge in [-0.1, -0.05) is 18.2 Å². The average molecular weight is 160 g/mol. The minimum Gasteiger partial charge on any atom is -0.268 e. The molecular formula is C9H8N2O. The van der Waals surface area contributed by atoms with E-state index in [9.17, 15) is 4.79 Å². The minimum atomic E-state index is -0.351. The Hall–Kier alpha value is -1.82. The molecule has 0 aliphatic carbocycles. The number of carbonyl (C=O) groups excluding carboxylic acids is 1. The van der Waals surface area contributed by atoms with Gasteiger partial charge in [0.1, 0.15) is 0 Å². The van der Waals surface area contributed by atoms with Crippen molar-refractivity contribution >= 4 is 5.91 Å². The number of nitrogens with zero attached hydrogens (tertiary/aromatic N) is 1. The molecule has 12 heavy (non-hydrogen) atoms. The molecule has 0 aliphatic heterocycles. The third-order valence-corrected chi connectivity index (χ3v) is 1.56. The fourth-order valence-corrected chi connectivity index (χ4v) is 0.946. The van der Waals surface area contributed by atoms with Crippen molar-refractivity contribution in [1.82, 2.24) is 5.32 Å². The van der Waals surface area contributed by atoms with Gasteiger partial charge < -0.3 is 0 Å². The first-order valence-corrected chi connectivity index (χ1v) is 3.51. The van der Waals surface area contributed by atoms with Crippen LogP contribution in [0, 0.1) is 18.4 Å². The summed E-state index contributed by atoms with van der Waals surface area (Å²) in [5.74, 6) is -0.351. The van der Waals surface area contributed by atoms with E-state index >= 15 is 0 Å². The van der Waals surface area contributed by atoms with E-state index in [1.54, 1.807) is 18.3 Å². The lowest BCUT2D eigenvalue weighted by Crippen LogP contribution is -2.18. The first-order chi connectivity index (χ1) is 5.75. The highest BCUT2D eigenvalue weighted by Gasteiger charge is 2.05. The zero-order chi connectivity index (χ0) is 8.97. The fraction of sp³-hybridized carbons (Fsp3) is 0.111. The standard InChI is InChI=1S/C9H8N2O/c1-7-4-2-3-5-8(7)9(12)11-6-10/h2-5H,1H3,(H,11,12). The van der Waals surface area contributed by atoms with Crippen molar-refractivity contribution in [2.75, 3.05) is 0 Å². The van der Waals surface area contributed by atoms with Crippen LogP contribution in [0.3, 0.4) is 0 Å². The third-order valence-electron chi connectivity index (χ3n) is 1.56. The lowest BCUT2D eigenvalue weighted by atomic mass is 10.1. The molecule has 1 rings (SSSR count). The van der Waals surface area contributed by atoms with E-state index in [-0.39, 0.29) is 5.91 Å². The second-order valence-corrected chi connectivity index (χ2v) is 2.38. The number of aryl methyl sites for hydroxylation is 1. The fourth-order valence-electron chi connectivity index (χ4n) is 0.946. The summed E-state index contributed by atoms with van der Waals surface area (Å²) < 4.78 is 0. The van der Waals surface area contributed by atoms with Gasteiger partial charge in [0.05, 0.1) is 0 Å². The summed E-state index contributed by atoms with van der Waals surface area (Å²) in [6.45, 7) is 1.83. The molecule has 3 nitrogen and oxygen atoms in total. The topological polar surface area (TPSA) is 52.9 Å². The number of rotatable bonds is 1. The van der Waals surface area contributed by atoms with Gasteiger partial charge in [-0.25, -0.2) is 0 Å². The monoisotopic (exact) mass is 160 g/mol. The van der Waals surface area contributed by atoms with Crippen molar-refractivity contribution in [2.24, 2.45) is 0 Å². The molecule has 60 valence electrons. The molecule has 0 unspecified atom stereocenters. The first-order valence-electron chi connectivity index (χ1n) is 3.51. The molecule has 0 atom stereocenters. The van der Waals surface area contributed by atoms with Gasteiger partial charge in [-0.05, 0) is 18.6 Å². The van der Waals surface area contributed by atoms with Gasteiger partial charge in [-0.15, -0.1) is 0 Å². The van der Waals surface area contributed by atoms with Crippen LogP contribution in [0.15, 0.2) is 24.3 Å². The summed E-state index contributed by atoms with van der Waals surface area (Å²) in [5.41, 5.74) is 1.41. The Morgan fingerprint density at radius 3 is 2.75 bits per heavy atom. The molecule has 0 heterocycles. The van der Waals surface area contributed by atoms with Crippen molar-refractivity contribution in [2.45, 2.75) is 6.92 Å². The second kappa shape index (κ2) is 3.54. The Morgan fingerprint density at radius 2 is 2.17 bits per heavy atom. The number of hydrogen-bond acceptors (Lipinski definition) is 2. The van der Waals surface area contributed by atoms with Crippen LogP contribution in [0.5, 0.6) is 0 Å². The normalized spacial score (nSPS) is 8.67. The summed E-state index contributed by atoms with van der Waals surface area (Å²) in [5, 5.41) is 10.3. The molecule has 0 spiro atoms. The van der Waals surface area contributed by atoms with Crippen LogP contribution >= 0.6 is 0 Å². The molecule has 0 saturated carbocycles. The van der Waals surface area contributed by atoms with E-state index < -0.39 is 0 Å². The molecule has 1 amide bonds. The molecule has 1 aromatic carbocycles. The Balaban J connectivity index is 2.97. The highest BCUT2D eigenvalue weighted by Crippen LogP contribution is 2.05. The van der Waals surface area contributed by atoms with E-state index in [4.69, 9.17) is 5.26 Å². The number of hydrogen-bond donors (Lipinski definition) is 1.